The van der Waals surface area contributed by atoms with E-state index >= 15 is 0 Å². The molecule has 3 nitrogen and oxygen atoms in total. The highest BCUT2D eigenvalue weighted by atomic mass is 16.1. The number of nitrogens with two attached hydrogens (primary N) is 1. The Morgan fingerprint density at radius 1 is 1.35 bits per heavy atom. The minimum atomic E-state index is -0.0227. The van der Waals surface area contributed by atoms with Crippen molar-refractivity contribution in [2.75, 3.05) is 5.73 Å². The lowest BCUT2D eigenvalue weighted by Gasteiger charge is -2.27. The first-order valence-electron chi connectivity index (χ1n) is 7.49. The summed E-state index contributed by atoms with van der Waals surface area (Å²) in [5, 5.41) is 3.08. The molecule has 1 aliphatic carbocycles. The van der Waals surface area contributed by atoms with Crippen LogP contribution in [0.1, 0.15) is 44.6 Å². The van der Waals surface area contributed by atoms with Gasteiger partial charge in [0.1, 0.15) is 0 Å². The largest absolute Gasteiger partial charge is 0.399 e. The van der Waals surface area contributed by atoms with Crippen LogP contribution >= 0.6 is 0 Å². The van der Waals surface area contributed by atoms with Crippen molar-refractivity contribution in [3.8, 4) is 0 Å². The van der Waals surface area contributed by atoms with Crippen LogP contribution in [0.3, 0.4) is 0 Å². The molecule has 3 N–H and O–H groups in total. The molecule has 1 saturated carbocycles. The van der Waals surface area contributed by atoms with E-state index in [4.69, 9.17) is 5.73 Å². The fourth-order valence-electron chi connectivity index (χ4n) is 2.86. The van der Waals surface area contributed by atoms with Gasteiger partial charge in [-0.25, -0.2) is 0 Å². The van der Waals surface area contributed by atoms with Crippen molar-refractivity contribution < 1.29 is 4.79 Å². The molecule has 0 heterocycles. The molecule has 1 amide bonds. The highest BCUT2D eigenvalue weighted by molar-refractivity contribution is 5.92. The van der Waals surface area contributed by atoms with Crippen LogP contribution < -0.4 is 11.1 Å². The van der Waals surface area contributed by atoms with E-state index in [2.05, 4.69) is 12.2 Å². The van der Waals surface area contributed by atoms with Gasteiger partial charge in [-0.15, -0.1) is 0 Å². The summed E-state index contributed by atoms with van der Waals surface area (Å²) in [5.74, 6) is 0.610. The van der Waals surface area contributed by atoms with Gasteiger partial charge in [0, 0.05) is 17.8 Å². The second kappa shape index (κ2) is 7.13. The van der Waals surface area contributed by atoms with Crippen molar-refractivity contribution in [3.63, 3.8) is 0 Å². The van der Waals surface area contributed by atoms with Gasteiger partial charge in [-0.05, 0) is 49.5 Å². The van der Waals surface area contributed by atoms with E-state index in [-0.39, 0.29) is 11.9 Å². The molecular formula is C17H24N2O. The van der Waals surface area contributed by atoms with Crippen molar-refractivity contribution in [1.82, 2.24) is 5.32 Å². The summed E-state index contributed by atoms with van der Waals surface area (Å²) in [4.78, 5) is 11.9. The molecule has 2 rings (SSSR count). The van der Waals surface area contributed by atoms with Crippen molar-refractivity contribution in [1.29, 1.82) is 0 Å². The number of anilines is 1. The molecule has 20 heavy (non-hydrogen) atoms. The van der Waals surface area contributed by atoms with Gasteiger partial charge in [-0.2, -0.15) is 0 Å². The van der Waals surface area contributed by atoms with E-state index in [1.807, 2.05) is 24.3 Å². The number of carbonyl (C=O) groups is 1. The summed E-state index contributed by atoms with van der Waals surface area (Å²) in [6.45, 7) is 2.11. The van der Waals surface area contributed by atoms with Crippen molar-refractivity contribution in [3.05, 3.63) is 35.9 Å². The van der Waals surface area contributed by atoms with Gasteiger partial charge < -0.3 is 11.1 Å². The number of carbonyl (C=O) groups excluding carboxylic acids is 1. The molecule has 0 aliphatic heterocycles. The SMILES string of the molecule is C[C@H](NC(=O)/C=C/c1cccc(N)c1)C1CCCCC1. The summed E-state index contributed by atoms with van der Waals surface area (Å²) < 4.78 is 0. The van der Waals surface area contributed by atoms with Gasteiger partial charge in [-0.3, -0.25) is 4.79 Å². The Morgan fingerprint density at radius 2 is 2.10 bits per heavy atom. The summed E-state index contributed by atoms with van der Waals surface area (Å²) in [5.41, 5.74) is 7.37. The van der Waals surface area contributed by atoms with Crippen molar-refractivity contribution in [2.24, 2.45) is 5.92 Å². The molecule has 1 fully saturated rings. The maximum Gasteiger partial charge on any atom is 0.244 e. The molecule has 0 bridgehead atoms. The smallest absolute Gasteiger partial charge is 0.244 e. The molecule has 3 heteroatoms. The molecule has 0 unspecified atom stereocenters. The van der Waals surface area contributed by atoms with Crippen molar-refractivity contribution in [2.45, 2.75) is 45.1 Å². The second-order valence-corrected chi connectivity index (χ2v) is 5.70. The van der Waals surface area contributed by atoms with Crippen LogP contribution in [0.15, 0.2) is 30.3 Å². The number of amides is 1. The van der Waals surface area contributed by atoms with E-state index in [1.165, 1.54) is 32.1 Å². The number of rotatable bonds is 4. The van der Waals surface area contributed by atoms with Crippen LogP contribution in [-0.4, -0.2) is 11.9 Å². The van der Waals surface area contributed by atoms with Crippen LogP contribution in [0.25, 0.3) is 6.08 Å². The van der Waals surface area contributed by atoms with Gasteiger partial charge in [0.05, 0.1) is 0 Å². The van der Waals surface area contributed by atoms with Gasteiger partial charge in [0.15, 0.2) is 0 Å². The van der Waals surface area contributed by atoms with Gasteiger partial charge >= 0.3 is 0 Å². The Bertz CT molecular complexity index is 476. The maximum atomic E-state index is 11.9. The summed E-state index contributed by atoms with van der Waals surface area (Å²) in [7, 11) is 0. The first-order chi connectivity index (χ1) is 9.65. The number of nitrogens with one attached hydrogen (secondary N) is 1. The summed E-state index contributed by atoms with van der Waals surface area (Å²) in [6.07, 6.45) is 9.80. The second-order valence-electron chi connectivity index (χ2n) is 5.70. The van der Waals surface area contributed by atoms with Crippen LogP contribution in [0, 0.1) is 5.92 Å². The summed E-state index contributed by atoms with van der Waals surface area (Å²) in [6, 6.07) is 7.77. The average Bonchev–Trinajstić information content (AvgIpc) is 2.46. The number of benzene rings is 1. The zero-order chi connectivity index (χ0) is 14.4. The predicted molar refractivity (Wildman–Crippen MR) is 84.1 cm³/mol. The molecule has 0 spiro atoms. The van der Waals surface area contributed by atoms with Gasteiger partial charge in [-0.1, -0.05) is 31.4 Å². The van der Waals surface area contributed by atoms with Gasteiger partial charge in [0.2, 0.25) is 5.91 Å². The zero-order valence-corrected chi connectivity index (χ0v) is 12.1. The number of hydrogen-bond donors (Lipinski definition) is 2. The standard InChI is InChI=1S/C17H24N2O/c1-13(15-7-3-2-4-8-15)19-17(20)11-10-14-6-5-9-16(18)12-14/h5-6,9-13,15H,2-4,7-8,18H2,1H3,(H,19,20)/b11-10+/t13-/m0/s1. The lowest BCUT2D eigenvalue weighted by Crippen LogP contribution is -2.37. The monoisotopic (exact) mass is 272 g/mol. The molecule has 0 aromatic heterocycles. The molecule has 1 aliphatic rings. The normalized spacial score (nSPS) is 18.1. The third-order valence-electron chi connectivity index (χ3n) is 4.06. The molecule has 0 radical (unpaired) electrons. The van der Waals surface area contributed by atoms with Crippen molar-refractivity contribution >= 4 is 17.7 Å². The molecule has 0 saturated heterocycles. The summed E-state index contributed by atoms with van der Waals surface area (Å²) >= 11 is 0. The fourth-order valence-corrected chi connectivity index (χ4v) is 2.86. The van der Waals surface area contributed by atoms with E-state index in [9.17, 15) is 4.79 Å². The predicted octanol–water partition coefficient (Wildman–Crippen LogP) is 3.37. The molecule has 1 aromatic rings. The molecule has 108 valence electrons. The zero-order valence-electron chi connectivity index (χ0n) is 12.1. The maximum absolute atomic E-state index is 11.9. The molecular weight excluding hydrogens is 248 g/mol. The first kappa shape index (κ1) is 14.6. The Morgan fingerprint density at radius 3 is 2.80 bits per heavy atom. The van der Waals surface area contributed by atoms with Crippen LogP contribution in [0.5, 0.6) is 0 Å². The Kier molecular flexibility index (Phi) is 5.22. The molecule has 1 atom stereocenters. The topological polar surface area (TPSA) is 55.1 Å². The fraction of sp³-hybridized carbons (Fsp3) is 0.471. The van der Waals surface area contributed by atoms with Crippen LogP contribution in [0.2, 0.25) is 0 Å². The van der Waals surface area contributed by atoms with Crippen LogP contribution in [0.4, 0.5) is 5.69 Å². The van der Waals surface area contributed by atoms with Gasteiger partial charge in [0.25, 0.3) is 0 Å². The third kappa shape index (κ3) is 4.41. The number of nitrogen functional groups attached to an aromatic ring is 1. The molecule has 1 aromatic carbocycles. The first-order valence-corrected chi connectivity index (χ1v) is 7.49. The number of hydrogen-bond acceptors (Lipinski definition) is 2. The van der Waals surface area contributed by atoms with E-state index in [0.717, 1.165) is 5.56 Å². The third-order valence-corrected chi connectivity index (χ3v) is 4.06. The van der Waals surface area contributed by atoms with Crippen LogP contribution in [-0.2, 0) is 4.79 Å². The Balaban J connectivity index is 1.85. The average molecular weight is 272 g/mol. The lowest BCUT2D eigenvalue weighted by molar-refractivity contribution is -0.117. The minimum Gasteiger partial charge on any atom is -0.399 e. The van der Waals surface area contributed by atoms with E-state index < -0.39 is 0 Å². The van der Waals surface area contributed by atoms with E-state index in [1.54, 1.807) is 12.2 Å². The Hall–Kier alpha value is -1.77. The quantitative estimate of drug-likeness (QED) is 0.652. The lowest BCUT2D eigenvalue weighted by atomic mass is 9.84. The highest BCUT2D eigenvalue weighted by Gasteiger charge is 2.20. The highest BCUT2D eigenvalue weighted by Crippen LogP contribution is 2.26. The minimum absolute atomic E-state index is 0.0227. The Labute approximate surface area is 121 Å². The van der Waals surface area contributed by atoms with E-state index in [0.29, 0.717) is 11.6 Å².